The summed E-state index contributed by atoms with van der Waals surface area (Å²) in [5, 5.41) is 18.3. The van der Waals surface area contributed by atoms with Gasteiger partial charge in [-0.05, 0) is 183 Å². The first-order chi connectivity index (χ1) is 44.6. The fraction of sp³-hybridized carbons (Fsp3) is 0.442. The summed E-state index contributed by atoms with van der Waals surface area (Å²) in [4.78, 5) is 24.6. The van der Waals surface area contributed by atoms with Gasteiger partial charge in [-0.3, -0.25) is 29.9 Å². The van der Waals surface area contributed by atoms with Crippen LogP contribution in [0.25, 0.3) is 0 Å². The molecule has 1 aliphatic carbocycles. The van der Waals surface area contributed by atoms with Gasteiger partial charge >= 0.3 is 0 Å². The summed E-state index contributed by atoms with van der Waals surface area (Å²) in [5.74, 6) is 1.66. The lowest BCUT2D eigenvalue weighted by Crippen LogP contribution is -2.12. The van der Waals surface area contributed by atoms with Gasteiger partial charge in [-0.25, -0.2) is 0 Å². The number of aromatic nitrogens is 6. The Morgan fingerprint density at radius 2 is 0.926 bits per heavy atom. The summed E-state index contributed by atoms with van der Waals surface area (Å²) in [7, 11) is 0. The zero-order valence-electron chi connectivity index (χ0n) is 62.3. The largest absolute Gasteiger partial charge is 0.494 e. The fourth-order valence-corrected chi connectivity index (χ4v) is 9.33. The SMILES string of the molecule is CC(C)(C)Cc1ccccn1.CC(C)(C)Cc1cccnc1.CC(C)(C)Cc1ccncc1.CC(C)(C)c1ccccn1.CC(C)(C)c1cccnc1.CC(C)(C)c1ccncc1.CC(CO)Cc1ccccc1.CCCOc1ccccc1.C[C@@H]1c2ccccc2CC1O. The van der Waals surface area contributed by atoms with Crippen molar-refractivity contribution in [2.75, 3.05) is 13.2 Å². The fourth-order valence-electron chi connectivity index (χ4n) is 9.33. The van der Waals surface area contributed by atoms with Gasteiger partial charge in [0.2, 0.25) is 0 Å². The minimum absolute atomic E-state index is 0.160. The number of pyridine rings is 6. The monoisotopic (exact) mass is 1290 g/mol. The highest BCUT2D eigenvalue weighted by Gasteiger charge is 2.26. The summed E-state index contributed by atoms with van der Waals surface area (Å²) < 4.78 is 5.36. The standard InChI is InChI=1S/3C10H15N.C10H12O.C10H14O.3C9H13N.C9H12O/c1-10(2,3)8-9-4-6-11-7-5-9;1-10(2,3)7-9-5-4-6-11-8-9;1-10(2,3)8-9-6-4-5-7-11-9;1-7-9-5-3-2-4-8(9)6-10(7)11;1-9(8-11)7-10-5-3-2-4-6-10;1-9(2,3)8-4-6-10-7-5-8;1-9(2,3)8-5-4-6-10-7-8;1-9(2,3)8-6-4-5-7-10-8;1-2-8-10-9-6-4-3-5-7-9/h4-7H,8H2,1-3H3;4-6,8H,7H2,1-3H3;4-7H,8H2,1-3H3;2-5,7,10-11H,6H2,1H3;2-6,9,11H,7-8H2,1H3;3*4-7H,1-3H3;3-7H,2,8H2,1H3/t;;;7-,10?;;;;;/m...1...../s1. The molecule has 3 aromatic carbocycles. The molecule has 9 nitrogen and oxygen atoms in total. The Kier molecular flexibility index (Phi) is 38.1. The maximum Gasteiger partial charge on any atom is 0.119 e. The van der Waals surface area contributed by atoms with E-state index < -0.39 is 0 Å². The molecule has 0 spiro atoms. The molecule has 9 heteroatoms. The lowest BCUT2D eigenvalue weighted by Gasteiger charge is -2.17. The summed E-state index contributed by atoms with van der Waals surface area (Å²) in [6, 6.07) is 56.9. The smallest absolute Gasteiger partial charge is 0.119 e. The predicted molar refractivity (Wildman–Crippen MR) is 404 cm³/mol. The second-order valence-electron chi connectivity index (χ2n) is 31.1. The first kappa shape index (κ1) is 83.4. The van der Waals surface area contributed by atoms with E-state index in [-0.39, 0.29) is 29.0 Å². The number of aliphatic hydroxyl groups excluding tert-OH is 2. The topological polar surface area (TPSA) is 127 Å². The van der Waals surface area contributed by atoms with Crippen LogP contribution in [-0.4, -0.2) is 59.4 Å². The Morgan fingerprint density at radius 3 is 1.35 bits per heavy atom. The van der Waals surface area contributed by atoms with E-state index in [2.05, 4.69) is 241 Å². The second-order valence-corrected chi connectivity index (χ2v) is 31.1. The van der Waals surface area contributed by atoms with Crippen molar-refractivity contribution in [1.82, 2.24) is 29.9 Å². The van der Waals surface area contributed by atoms with Crippen LogP contribution in [0.2, 0.25) is 0 Å². The van der Waals surface area contributed by atoms with E-state index in [4.69, 9.17) is 9.84 Å². The van der Waals surface area contributed by atoms with Crippen molar-refractivity contribution in [2.45, 2.75) is 212 Å². The van der Waals surface area contributed by atoms with Crippen LogP contribution in [0, 0.1) is 22.2 Å². The molecule has 0 radical (unpaired) electrons. The zero-order chi connectivity index (χ0) is 71.0. The van der Waals surface area contributed by atoms with Gasteiger partial charge in [0, 0.05) is 91.3 Å². The normalized spacial score (nSPS) is 13.4. The molecular formula is C86H122N6O3. The quantitative estimate of drug-likeness (QED) is 0.145. The number of nitrogens with zero attached hydrogens (tertiary/aromatic N) is 6. The molecule has 0 amide bonds. The van der Waals surface area contributed by atoms with Gasteiger partial charge in [0.05, 0.1) is 12.7 Å². The van der Waals surface area contributed by atoms with Crippen LogP contribution in [-0.2, 0) is 48.3 Å². The van der Waals surface area contributed by atoms with Crippen molar-refractivity contribution in [2.24, 2.45) is 22.2 Å². The number of fused-ring (bicyclic) bond motifs is 1. The molecule has 2 N–H and O–H groups in total. The van der Waals surface area contributed by atoms with E-state index in [0.717, 1.165) is 56.6 Å². The van der Waals surface area contributed by atoms with Crippen LogP contribution in [0.1, 0.15) is 208 Å². The van der Waals surface area contributed by atoms with Gasteiger partial charge in [0.1, 0.15) is 5.75 Å². The van der Waals surface area contributed by atoms with Crippen molar-refractivity contribution in [1.29, 1.82) is 0 Å². The van der Waals surface area contributed by atoms with Crippen LogP contribution in [0.5, 0.6) is 5.75 Å². The summed E-state index contributed by atoms with van der Waals surface area (Å²) in [6.07, 6.45) is 24.5. The number of benzene rings is 3. The molecule has 0 saturated heterocycles. The average molecular weight is 1290 g/mol. The van der Waals surface area contributed by atoms with Crippen molar-refractivity contribution >= 4 is 0 Å². The van der Waals surface area contributed by atoms with Gasteiger partial charge in [-0.2, -0.15) is 0 Å². The van der Waals surface area contributed by atoms with E-state index in [1.807, 2.05) is 160 Å². The van der Waals surface area contributed by atoms with E-state index in [9.17, 15) is 5.11 Å². The van der Waals surface area contributed by atoms with Crippen molar-refractivity contribution < 1.29 is 14.9 Å². The lowest BCUT2D eigenvalue weighted by atomic mass is 9.88. The predicted octanol–water partition coefficient (Wildman–Crippen LogP) is 21.2. The first-order valence-corrected chi connectivity index (χ1v) is 34.1. The van der Waals surface area contributed by atoms with Gasteiger partial charge in [0.25, 0.3) is 0 Å². The Balaban J connectivity index is 0.000000364. The summed E-state index contributed by atoms with van der Waals surface area (Å²) >= 11 is 0. The Hall–Kier alpha value is -7.72. The number of ether oxygens (including phenoxy) is 1. The Labute approximate surface area is 577 Å². The van der Waals surface area contributed by atoms with Crippen molar-refractivity contribution in [3.63, 3.8) is 0 Å². The molecule has 10 rings (SSSR count). The maximum atomic E-state index is 9.52. The number of hydrogen-bond acceptors (Lipinski definition) is 9. The lowest BCUT2D eigenvalue weighted by molar-refractivity contribution is 0.163. The van der Waals surface area contributed by atoms with E-state index in [0.29, 0.717) is 28.1 Å². The second kappa shape index (κ2) is 43.4. The van der Waals surface area contributed by atoms with Crippen molar-refractivity contribution in [3.05, 3.63) is 282 Å². The highest BCUT2D eigenvalue weighted by molar-refractivity contribution is 5.36. The van der Waals surface area contributed by atoms with Gasteiger partial charge in [0.15, 0.2) is 0 Å². The third kappa shape index (κ3) is 41.0. The number of aliphatic hydroxyl groups is 2. The summed E-state index contributed by atoms with van der Waals surface area (Å²) in [6.45, 7) is 47.1. The van der Waals surface area contributed by atoms with Crippen LogP contribution in [0.15, 0.2) is 232 Å². The van der Waals surface area contributed by atoms with E-state index in [1.54, 1.807) is 6.20 Å². The molecule has 0 aliphatic heterocycles. The zero-order valence-corrected chi connectivity index (χ0v) is 62.3. The van der Waals surface area contributed by atoms with Crippen LogP contribution >= 0.6 is 0 Å². The molecule has 514 valence electrons. The highest BCUT2D eigenvalue weighted by Crippen LogP contribution is 2.32. The molecule has 3 atom stereocenters. The van der Waals surface area contributed by atoms with Gasteiger partial charge in [-0.1, -0.05) is 242 Å². The molecule has 6 heterocycles. The molecule has 2 unspecified atom stereocenters. The maximum absolute atomic E-state index is 9.52. The molecular weight excluding hydrogens is 1160 g/mol. The van der Waals surface area contributed by atoms with Crippen LogP contribution in [0.4, 0.5) is 0 Å². The number of rotatable bonds is 9. The van der Waals surface area contributed by atoms with E-state index >= 15 is 0 Å². The molecule has 0 fully saturated rings. The first-order valence-electron chi connectivity index (χ1n) is 34.1. The minimum Gasteiger partial charge on any atom is -0.494 e. The molecule has 0 bridgehead atoms. The average Bonchev–Trinajstić information content (AvgIpc) is 1.68. The molecule has 6 aromatic heterocycles. The van der Waals surface area contributed by atoms with Gasteiger partial charge in [-0.15, -0.1) is 0 Å². The van der Waals surface area contributed by atoms with Crippen molar-refractivity contribution in [3.8, 4) is 5.75 Å². The highest BCUT2D eigenvalue weighted by atomic mass is 16.5. The summed E-state index contributed by atoms with van der Waals surface area (Å²) in [5.41, 5.74) is 13.3. The molecule has 95 heavy (non-hydrogen) atoms. The number of hydrogen-bond donors (Lipinski definition) is 2. The van der Waals surface area contributed by atoms with Crippen LogP contribution < -0.4 is 4.74 Å². The third-order valence-electron chi connectivity index (χ3n) is 14.4. The Bertz CT molecular complexity index is 3040. The molecule has 0 saturated carbocycles. The van der Waals surface area contributed by atoms with E-state index in [1.165, 1.54) is 44.6 Å². The minimum atomic E-state index is -0.160. The van der Waals surface area contributed by atoms with Gasteiger partial charge < -0.3 is 14.9 Å². The molecule has 9 aromatic rings. The Morgan fingerprint density at radius 1 is 0.442 bits per heavy atom. The third-order valence-corrected chi connectivity index (χ3v) is 14.4. The number of para-hydroxylation sites is 1. The molecule has 1 aliphatic rings. The van der Waals surface area contributed by atoms with Crippen LogP contribution in [0.3, 0.4) is 0 Å².